The highest BCUT2D eigenvalue weighted by Crippen LogP contribution is 2.29. The fourth-order valence-electron chi connectivity index (χ4n) is 1.87. The van der Waals surface area contributed by atoms with E-state index in [9.17, 15) is 4.79 Å². The first-order chi connectivity index (χ1) is 7.85. The van der Waals surface area contributed by atoms with E-state index in [-0.39, 0.29) is 18.6 Å². The van der Waals surface area contributed by atoms with Crippen molar-refractivity contribution in [3.8, 4) is 0 Å². The van der Waals surface area contributed by atoms with Gasteiger partial charge in [0.05, 0.1) is 6.04 Å². The van der Waals surface area contributed by atoms with Crippen molar-refractivity contribution in [1.82, 2.24) is 4.90 Å². The number of rotatable bonds is 4. The van der Waals surface area contributed by atoms with Crippen molar-refractivity contribution in [1.29, 1.82) is 0 Å². The molecule has 17 heavy (non-hydrogen) atoms. The lowest BCUT2D eigenvalue weighted by Gasteiger charge is -2.26. The van der Waals surface area contributed by atoms with Gasteiger partial charge in [-0.2, -0.15) is 0 Å². The van der Waals surface area contributed by atoms with Crippen LogP contribution < -0.4 is 0 Å². The molecule has 1 aliphatic heterocycles. The number of carbonyl (C=O) groups excluding carboxylic acids is 1. The Kier molecular flexibility index (Phi) is 5.42. The van der Waals surface area contributed by atoms with E-state index in [4.69, 9.17) is 39.5 Å². The summed E-state index contributed by atoms with van der Waals surface area (Å²) >= 11 is 16.8. The van der Waals surface area contributed by atoms with Gasteiger partial charge in [-0.05, 0) is 12.8 Å². The van der Waals surface area contributed by atoms with E-state index in [0.29, 0.717) is 12.2 Å². The number of halogens is 3. The first kappa shape index (κ1) is 14.9. The second kappa shape index (κ2) is 6.17. The van der Waals surface area contributed by atoms with Crippen LogP contribution in [0.4, 0.5) is 0 Å². The van der Waals surface area contributed by atoms with Gasteiger partial charge in [-0.1, -0.05) is 48.3 Å². The predicted molar refractivity (Wildman–Crippen MR) is 70.4 cm³/mol. The third-order valence-corrected chi connectivity index (χ3v) is 3.00. The Morgan fingerprint density at radius 2 is 2.18 bits per heavy atom. The summed E-state index contributed by atoms with van der Waals surface area (Å²) in [6.45, 7) is 6.34. The van der Waals surface area contributed by atoms with Crippen molar-refractivity contribution >= 4 is 40.7 Å². The molecule has 1 rings (SSSR count). The Labute approximate surface area is 117 Å². The molecule has 0 saturated carbocycles. The summed E-state index contributed by atoms with van der Waals surface area (Å²) in [7, 11) is 0. The van der Waals surface area contributed by atoms with Gasteiger partial charge in [-0.3, -0.25) is 4.79 Å². The average molecular weight is 301 g/mol. The maximum atomic E-state index is 11.7. The number of likely N-dealkylation sites (tertiary alicyclic amines) is 1. The number of hydrogen-bond donors (Lipinski definition) is 0. The van der Waals surface area contributed by atoms with Crippen LogP contribution in [0.3, 0.4) is 0 Å². The Morgan fingerprint density at radius 1 is 1.53 bits per heavy atom. The van der Waals surface area contributed by atoms with Gasteiger partial charge in [0.15, 0.2) is 0 Å². The third-order valence-electron chi connectivity index (χ3n) is 2.67. The van der Waals surface area contributed by atoms with Crippen LogP contribution in [0.15, 0.2) is 12.3 Å². The topological polar surface area (TPSA) is 29.5 Å². The molecule has 0 N–H and O–H groups in total. The summed E-state index contributed by atoms with van der Waals surface area (Å²) in [6, 6.07) is -0.0881. The minimum Gasteiger partial charge on any atom is -0.492 e. The van der Waals surface area contributed by atoms with Crippen molar-refractivity contribution in [2.75, 3.05) is 13.2 Å². The van der Waals surface area contributed by atoms with Crippen molar-refractivity contribution in [2.24, 2.45) is 0 Å². The quantitative estimate of drug-likeness (QED) is 0.589. The number of amides is 1. The number of ether oxygens (including phenoxy) is 1. The molecule has 0 radical (unpaired) electrons. The SMILES string of the molecule is C=C(OCC(Cl)(Cl)Cl)C1CCCN1C(=O)CC. The molecule has 0 bridgehead atoms. The van der Waals surface area contributed by atoms with Gasteiger partial charge in [-0.25, -0.2) is 0 Å². The molecule has 0 aromatic heterocycles. The summed E-state index contributed by atoms with van der Waals surface area (Å²) in [5.74, 6) is 0.599. The fraction of sp³-hybridized carbons (Fsp3) is 0.727. The van der Waals surface area contributed by atoms with Crippen LogP contribution in [0.2, 0.25) is 0 Å². The van der Waals surface area contributed by atoms with E-state index in [2.05, 4.69) is 6.58 Å². The maximum Gasteiger partial charge on any atom is 0.223 e. The van der Waals surface area contributed by atoms with E-state index in [1.165, 1.54) is 0 Å². The van der Waals surface area contributed by atoms with E-state index in [0.717, 1.165) is 19.4 Å². The first-order valence-corrected chi connectivity index (χ1v) is 6.66. The molecule has 1 saturated heterocycles. The largest absolute Gasteiger partial charge is 0.492 e. The molecule has 1 amide bonds. The molecule has 0 aliphatic carbocycles. The van der Waals surface area contributed by atoms with Crippen molar-refractivity contribution in [2.45, 2.75) is 36.0 Å². The summed E-state index contributed by atoms with van der Waals surface area (Å²) in [5, 5.41) is 0. The predicted octanol–water partition coefficient (Wildman–Crippen LogP) is 3.29. The lowest BCUT2D eigenvalue weighted by Crippen LogP contribution is -2.37. The molecule has 0 spiro atoms. The van der Waals surface area contributed by atoms with E-state index >= 15 is 0 Å². The Balaban J connectivity index is 2.53. The lowest BCUT2D eigenvalue weighted by molar-refractivity contribution is -0.131. The minimum absolute atomic E-state index is 0.0544. The van der Waals surface area contributed by atoms with E-state index in [1.807, 2.05) is 6.92 Å². The van der Waals surface area contributed by atoms with Gasteiger partial charge in [0.2, 0.25) is 9.70 Å². The molecule has 0 aromatic carbocycles. The van der Waals surface area contributed by atoms with Crippen LogP contribution in [0, 0.1) is 0 Å². The minimum atomic E-state index is -1.46. The Bertz CT molecular complexity index is 302. The summed E-state index contributed by atoms with van der Waals surface area (Å²) in [5.41, 5.74) is 0. The highest BCUT2D eigenvalue weighted by molar-refractivity contribution is 6.67. The number of alkyl halides is 3. The number of hydrogen-bond acceptors (Lipinski definition) is 2. The average Bonchev–Trinajstić information content (AvgIpc) is 2.72. The zero-order chi connectivity index (χ0) is 13.1. The van der Waals surface area contributed by atoms with Crippen LogP contribution in [-0.4, -0.2) is 33.8 Å². The molecule has 1 unspecified atom stereocenters. The Morgan fingerprint density at radius 3 is 2.71 bits per heavy atom. The molecular weight excluding hydrogens is 284 g/mol. The molecule has 1 atom stereocenters. The number of nitrogens with zero attached hydrogens (tertiary/aromatic N) is 1. The molecule has 1 aliphatic rings. The maximum absolute atomic E-state index is 11.7. The standard InChI is InChI=1S/C11H16Cl3NO2/c1-3-10(16)15-6-4-5-9(15)8(2)17-7-11(12,13)14/h9H,2-7H2,1H3. The van der Waals surface area contributed by atoms with E-state index in [1.54, 1.807) is 4.90 Å². The molecule has 3 nitrogen and oxygen atoms in total. The van der Waals surface area contributed by atoms with Crippen LogP contribution in [-0.2, 0) is 9.53 Å². The third kappa shape index (κ3) is 4.57. The van der Waals surface area contributed by atoms with Crippen molar-refractivity contribution < 1.29 is 9.53 Å². The first-order valence-electron chi connectivity index (χ1n) is 5.53. The van der Waals surface area contributed by atoms with Gasteiger partial charge >= 0.3 is 0 Å². The highest BCUT2D eigenvalue weighted by atomic mass is 35.6. The van der Waals surface area contributed by atoms with Gasteiger partial charge < -0.3 is 9.64 Å². The van der Waals surface area contributed by atoms with Gasteiger partial charge in [0.1, 0.15) is 12.4 Å². The van der Waals surface area contributed by atoms with Gasteiger partial charge in [0.25, 0.3) is 0 Å². The van der Waals surface area contributed by atoms with Crippen molar-refractivity contribution in [3.05, 3.63) is 12.3 Å². The molecular formula is C11H16Cl3NO2. The molecule has 6 heteroatoms. The zero-order valence-corrected chi connectivity index (χ0v) is 12.0. The highest BCUT2D eigenvalue weighted by Gasteiger charge is 2.32. The monoisotopic (exact) mass is 299 g/mol. The molecule has 0 aromatic rings. The number of carbonyl (C=O) groups is 1. The van der Waals surface area contributed by atoms with Crippen LogP contribution in [0.25, 0.3) is 0 Å². The van der Waals surface area contributed by atoms with Gasteiger partial charge in [-0.15, -0.1) is 0 Å². The second-order valence-electron chi connectivity index (χ2n) is 3.97. The van der Waals surface area contributed by atoms with E-state index < -0.39 is 3.79 Å². The van der Waals surface area contributed by atoms with Crippen LogP contribution in [0.1, 0.15) is 26.2 Å². The van der Waals surface area contributed by atoms with Crippen molar-refractivity contribution in [3.63, 3.8) is 0 Å². The normalized spacial score (nSPS) is 20.5. The molecule has 98 valence electrons. The zero-order valence-electron chi connectivity index (χ0n) is 9.72. The fourth-order valence-corrected chi connectivity index (χ4v) is 2.04. The summed E-state index contributed by atoms with van der Waals surface area (Å²) in [4.78, 5) is 13.5. The Hall–Kier alpha value is -0.120. The van der Waals surface area contributed by atoms with Gasteiger partial charge in [0, 0.05) is 13.0 Å². The molecule has 1 fully saturated rings. The van der Waals surface area contributed by atoms with Crippen LogP contribution in [0.5, 0.6) is 0 Å². The summed E-state index contributed by atoms with van der Waals surface area (Å²) in [6.07, 6.45) is 2.28. The van der Waals surface area contributed by atoms with Crippen LogP contribution >= 0.6 is 34.8 Å². The second-order valence-corrected chi connectivity index (χ2v) is 6.48. The lowest BCUT2D eigenvalue weighted by atomic mass is 10.2. The smallest absolute Gasteiger partial charge is 0.223 e. The summed E-state index contributed by atoms with van der Waals surface area (Å²) < 4.78 is 3.87. The molecule has 1 heterocycles.